The molecule has 0 unspecified atom stereocenters. The van der Waals surface area contributed by atoms with Gasteiger partial charge in [0.15, 0.2) is 0 Å². The summed E-state index contributed by atoms with van der Waals surface area (Å²) in [6.07, 6.45) is 5.72. The molecule has 0 saturated heterocycles. The maximum atomic E-state index is 5.72. The lowest BCUT2D eigenvalue weighted by molar-refractivity contribution is 0.859. The zero-order valence-electron chi connectivity index (χ0n) is 14.6. The summed E-state index contributed by atoms with van der Waals surface area (Å²) in [5.41, 5.74) is 5.19. The Morgan fingerprint density at radius 3 is 1.96 bits per heavy atom. The van der Waals surface area contributed by atoms with Gasteiger partial charge < -0.3 is 4.57 Å². The van der Waals surface area contributed by atoms with Crippen LogP contribution >= 0.6 is 15.9 Å². The highest BCUT2D eigenvalue weighted by Gasteiger charge is 2.20. The third-order valence-corrected chi connectivity index (χ3v) is 4.94. The summed E-state index contributed by atoms with van der Waals surface area (Å²) < 4.78 is 3.16. The Kier molecular flexibility index (Phi) is 4.91. The van der Waals surface area contributed by atoms with Gasteiger partial charge in [0.1, 0.15) is 5.82 Å². The topological polar surface area (TPSA) is 17.8 Å². The van der Waals surface area contributed by atoms with Gasteiger partial charge in [0.2, 0.25) is 0 Å². The van der Waals surface area contributed by atoms with Crippen molar-refractivity contribution in [2.75, 3.05) is 0 Å². The van der Waals surface area contributed by atoms with Crippen molar-refractivity contribution in [3.05, 3.63) is 89.4 Å². The van der Waals surface area contributed by atoms with E-state index in [1.165, 1.54) is 0 Å². The van der Waals surface area contributed by atoms with Crippen LogP contribution < -0.4 is 0 Å². The molecule has 4 aromatic rings. The van der Waals surface area contributed by atoms with Crippen LogP contribution in [0.1, 0.15) is 0 Å². The monoisotopic (exact) mass is 412 g/mol. The maximum absolute atomic E-state index is 5.72. The molecule has 0 aliphatic heterocycles. The summed E-state index contributed by atoms with van der Waals surface area (Å²) in [7, 11) is 0. The molecule has 0 saturated carbocycles. The number of halogens is 1. The van der Waals surface area contributed by atoms with Crippen LogP contribution in [-0.2, 0) is 6.54 Å². The highest BCUT2D eigenvalue weighted by atomic mass is 79.9. The predicted octanol–water partition coefficient (Wildman–Crippen LogP) is 6.28. The highest BCUT2D eigenvalue weighted by Crippen LogP contribution is 2.36. The fourth-order valence-electron chi connectivity index (χ4n) is 3.20. The zero-order valence-corrected chi connectivity index (χ0v) is 16.2. The van der Waals surface area contributed by atoms with E-state index in [0.717, 1.165) is 38.4 Å². The van der Waals surface area contributed by atoms with Gasteiger partial charge in [-0.1, -0.05) is 94.6 Å². The average molecular weight is 413 g/mol. The summed E-state index contributed by atoms with van der Waals surface area (Å²) in [5.74, 6) is 3.67. The van der Waals surface area contributed by atoms with Gasteiger partial charge in [0.25, 0.3) is 0 Å². The molecule has 3 heteroatoms. The molecule has 0 aliphatic rings. The van der Waals surface area contributed by atoms with Crippen molar-refractivity contribution in [1.82, 2.24) is 9.55 Å². The molecule has 0 aliphatic carbocycles. The minimum atomic E-state index is 0.454. The van der Waals surface area contributed by atoms with Crippen LogP contribution in [0.2, 0.25) is 0 Å². The molecule has 4 rings (SSSR count). The van der Waals surface area contributed by atoms with E-state index in [9.17, 15) is 0 Å². The van der Waals surface area contributed by atoms with Crippen LogP contribution in [0.3, 0.4) is 0 Å². The lowest BCUT2D eigenvalue weighted by Gasteiger charge is -2.11. The maximum Gasteiger partial charge on any atom is 0.142 e. The fourth-order valence-corrected chi connectivity index (χ4v) is 3.47. The summed E-state index contributed by atoms with van der Waals surface area (Å²) in [6.45, 7) is 0.454. The van der Waals surface area contributed by atoms with E-state index in [0.29, 0.717) is 6.54 Å². The second kappa shape index (κ2) is 7.65. The van der Waals surface area contributed by atoms with Crippen LogP contribution in [0, 0.1) is 12.3 Å². The quantitative estimate of drug-likeness (QED) is 0.360. The second-order valence-corrected chi connectivity index (χ2v) is 7.08. The zero-order chi connectivity index (χ0) is 18.6. The number of hydrogen-bond donors (Lipinski definition) is 0. The molecule has 1 heterocycles. The summed E-state index contributed by atoms with van der Waals surface area (Å²) >= 11 is 3.50. The van der Waals surface area contributed by atoms with Gasteiger partial charge in [-0.25, -0.2) is 4.98 Å². The smallest absolute Gasteiger partial charge is 0.142 e. The first-order valence-corrected chi connectivity index (χ1v) is 9.48. The Balaban J connectivity index is 2.02. The van der Waals surface area contributed by atoms with Crippen molar-refractivity contribution in [1.29, 1.82) is 0 Å². The van der Waals surface area contributed by atoms with Crippen LogP contribution in [0.5, 0.6) is 0 Å². The largest absolute Gasteiger partial charge is 0.312 e. The molecule has 27 heavy (non-hydrogen) atoms. The van der Waals surface area contributed by atoms with Crippen molar-refractivity contribution >= 4 is 15.9 Å². The van der Waals surface area contributed by atoms with Crippen LogP contribution in [0.4, 0.5) is 0 Å². The van der Waals surface area contributed by atoms with E-state index in [1.54, 1.807) is 0 Å². The second-order valence-electron chi connectivity index (χ2n) is 6.16. The lowest BCUT2D eigenvalue weighted by Crippen LogP contribution is -2.01. The highest BCUT2D eigenvalue weighted by molar-refractivity contribution is 9.10. The van der Waals surface area contributed by atoms with Crippen molar-refractivity contribution in [2.45, 2.75) is 6.54 Å². The Hall–Kier alpha value is -3.09. The van der Waals surface area contributed by atoms with Gasteiger partial charge in [-0.15, -0.1) is 6.42 Å². The Morgan fingerprint density at radius 2 is 1.37 bits per heavy atom. The molecule has 0 atom stereocenters. The summed E-state index contributed by atoms with van der Waals surface area (Å²) in [4.78, 5) is 5.03. The molecule has 0 fully saturated rings. The number of imidazole rings is 1. The minimum absolute atomic E-state index is 0.454. The third-order valence-electron chi connectivity index (χ3n) is 4.41. The first-order valence-electron chi connectivity index (χ1n) is 8.68. The van der Waals surface area contributed by atoms with Crippen LogP contribution in [0.15, 0.2) is 89.4 Å². The minimum Gasteiger partial charge on any atom is -0.312 e. The fraction of sp³-hybridized carbons (Fsp3) is 0.0417. The third kappa shape index (κ3) is 3.45. The number of terminal acetylenes is 1. The number of nitrogens with zero attached hydrogens (tertiary/aromatic N) is 2. The Bertz CT molecular complexity index is 1090. The first-order chi connectivity index (χ1) is 13.3. The molecule has 0 amide bonds. The summed E-state index contributed by atoms with van der Waals surface area (Å²) in [5, 5.41) is 0. The van der Waals surface area contributed by atoms with Crippen LogP contribution in [-0.4, -0.2) is 9.55 Å². The number of hydrogen-bond acceptors (Lipinski definition) is 1. The lowest BCUT2D eigenvalue weighted by atomic mass is 10.0. The molecule has 0 spiro atoms. The van der Waals surface area contributed by atoms with Gasteiger partial charge in [0.05, 0.1) is 17.9 Å². The molecule has 0 radical (unpaired) electrons. The van der Waals surface area contributed by atoms with Gasteiger partial charge >= 0.3 is 0 Å². The van der Waals surface area contributed by atoms with E-state index in [-0.39, 0.29) is 0 Å². The molecule has 2 nitrogen and oxygen atoms in total. The molecular formula is C24H17BrN2. The molecular weight excluding hydrogens is 396 g/mol. The van der Waals surface area contributed by atoms with Gasteiger partial charge in [-0.3, -0.25) is 0 Å². The predicted molar refractivity (Wildman–Crippen MR) is 115 cm³/mol. The molecule has 0 N–H and O–H groups in total. The first kappa shape index (κ1) is 17.3. The van der Waals surface area contributed by atoms with Gasteiger partial charge in [-0.2, -0.15) is 0 Å². The van der Waals surface area contributed by atoms with Crippen molar-refractivity contribution < 1.29 is 0 Å². The summed E-state index contributed by atoms with van der Waals surface area (Å²) in [6, 6.07) is 28.7. The van der Waals surface area contributed by atoms with Gasteiger partial charge in [0, 0.05) is 21.2 Å². The molecule has 0 bridgehead atoms. The average Bonchev–Trinajstić information content (AvgIpc) is 3.09. The molecule has 3 aromatic carbocycles. The number of benzene rings is 3. The Labute approximate surface area is 167 Å². The van der Waals surface area contributed by atoms with E-state index >= 15 is 0 Å². The number of aromatic nitrogens is 2. The van der Waals surface area contributed by atoms with Crippen LogP contribution in [0.25, 0.3) is 33.9 Å². The van der Waals surface area contributed by atoms with E-state index in [2.05, 4.69) is 62.8 Å². The Morgan fingerprint density at radius 1 is 0.778 bits per heavy atom. The van der Waals surface area contributed by atoms with E-state index in [1.807, 2.05) is 48.5 Å². The number of rotatable bonds is 4. The molecule has 1 aromatic heterocycles. The van der Waals surface area contributed by atoms with Gasteiger partial charge in [-0.05, 0) is 12.1 Å². The normalized spacial score (nSPS) is 10.5. The SMILES string of the molecule is C#CCn1c(-c2ccc(Br)cc2)nc(-c2ccccc2)c1-c1ccccc1. The van der Waals surface area contributed by atoms with E-state index in [4.69, 9.17) is 11.4 Å². The standard InChI is InChI=1S/C24H17BrN2/c1-2-17-27-23(19-11-7-4-8-12-19)22(18-9-5-3-6-10-18)26-24(27)20-13-15-21(25)16-14-20/h1,3-16H,17H2. The van der Waals surface area contributed by atoms with Crippen molar-refractivity contribution in [3.8, 4) is 46.2 Å². The van der Waals surface area contributed by atoms with E-state index < -0.39 is 0 Å². The molecule has 130 valence electrons. The van der Waals surface area contributed by atoms with Crippen molar-refractivity contribution in [2.24, 2.45) is 0 Å². The van der Waals surface area contributed by atoms with Crippen molar-refractivity contribution in [3.63, 3.8) is 0 Å².